The summed E-state index contributed by atoms with van der Waals surface area (Å²) in [5.41, 5.74) is 0. The number of alkyl halides is 1. The Morgan fingerprint density at radius 1 is 1.58 bits per heavy atom. The van der Waals surface area contributed by atoms with Gasteiger partial charge in [-0.3, -0.25) is 0 Å². The highest BCUT2D eigenvalue weighted by Gasteiger charge is 2.27. The molecule has 3 heteroatoms. The van der Waals surface area contributed by atoms with E-state index in [1.54, 1.807) is 0 Å². The van der Waals surface area contributed by atoms with Crippen LogP contribution < -0.4 is 0 Å². The second-order valence-corrected chi connectivity index (χ2v) is 6.64. The van der Waals surface area contributed by atoms with E-state index in [1.165, 1.54) is 25.7 Å². The molecule has 0 bridgehead atoms. The van der Waals surface area contributed by atoms with Gasteiger partial charge in [0.25, 0.3) is 0 Å². The maximum absolute atomic E-state index is 5.92. The number of hydrogen-bond acceptors (Lipinski definition) is 1. The van der Waals surface area contributed by atoms with Gasteiger partial charge in [-0.15, -0.1) is 11.6 Å². The average Bonchev–Trinajstić information content (AvgIpc) is 2.03. The lowest BCUT2D eigenvalue weighted by molar-refractivity contribution is -0.0236. The molecular weight excluding hydrogens is 188 g/mol. The van der Waals surface area contributed by atoms with E-state index < -0.39 is 0 Å². The third-order valence-electron chi connectivity index (χ3n) is 2.62. The Hall–Kier alpha value is 0.467. The van der Waals surface area contributed by atoms with Crippen LogP contribution in [0.1, 0.15) is 39.0 Å². The van der Waals surface area contributed by atoms with Crippen LogP contribution in [-0.2, 0) is 4.74 Å². The Kier molecular flexibility index (Phi) is 4.07. The molecular formula is C9H19ClOSi. The minimum Gasteiger partial charge on any atom is -0.380 e. The van der Waals surface area contributed by atoms with E-state index in [4.69, 9.17) is 16.3 Å². The molecule has 1 fully saturated rings. The lowest BCUT2D eigenvalue weighted by Gasteiger charge is -2.34. The minimum absolute atomic E-state index is 0.265. The fourth-order valence-electron chi connectivity index (χ4n) is 1.69. The van der Waals surface area contributed by atoms with Gasteiger partial charge in [0.1, 0.15) is 0 Å². The number of halogens is 1. The summed E-state index contributed by atoms with van der Waals surface area (Å²) in [5, 5.41) is 0.572. The van der Waals surface area contributed by atoms with Crippen LogP contribution in [0.15, 0.2) is 0 Å². The normalized spacial score (nSPS) is 33.5. The molecule has 0 spiro atoms. The third kappa shape index (κ3) is 3.46. The smallest absolute Gasteiger partial charge is 0.0486 e. The summed E-state index contributed by atoms with van der Waals surface area (Å²) in [6.45, 7) is 3.04. The molecule has 72 valence electrons. The fourth-order valence-corrected chi connectivity index (χ4v) is 2.65. The predicted octanol–water partition coefficient (Wildman–Crippen LogP) is 1.66. The first kappa shape index (κ1) is 10.5. The fraction of sp³-hybridized carbons (Fsp3) is 1.00. The zero-order valence-corrected chi connectivity index (χ0v) is 10.9. The van der Waals surface area contributed by atoms with Gasteiger partial charge in [0, 0.05) is 27.5 Å². The second-order valence-electron chi connectivity index (χ2n) is 4.07. The summed E-state index contributed by atoms with van der Waals surface area (Å²) in [5.74, 6) is 0. The first-order valence-corrected chi connectivity index (χ1v) is 6.34. The van der Waals surface area contributed by atoms with Crippen LogP contribution in [0.2, 0.25) is 0 Å². The summed E-state index contributed by atoms with van der Waals surface area (Å²) >= 11 is 5.92. The first-order valence-electron chi connectivity index (χ1n) is 4.90. The van der Waals surface area contributed by atoms with Crippen molar-refractivity contribution in [3.63, 3.8) is 0 Å². The summed E-state index contributed by atoms with van der Waals surface area (Å²) in [6.07, 6.45) is 6.14. The van der Waals surface area contributed by atoms with Gasteiger partial charge in [-0.1, -0.05) is 0 Å². The number of rotatable bonds is 3. The first-order chi connectivity index (χ1) is 5.62. The highest BCUT2D eigenvalue weighted by Crippen LogP contribution is 2.27. The van der Waals surface area contributed by atoms with E-state index in [1.807, 2.05) is 0 Å². The summed E-state index contributed by atoms with van der Waals surface area (Å²) in [7, 11) is 1.15. The van der Waals surface area contributed by atoms with Gasteiger partial charge in [-0.05, 0) is 39.0 Å². The molecule has 0 radical (unpaired) electrons. The van der Waals surface area contributed by atoms with E-state index in [2.05, 4.69) is 6.92 Å². The van der Waals surface area contributed by atoms with E-state index in [9.17, 15) is 0 Å². The zero-order valence-electron chi connectivity index (χ0n) is 8.11. The molecule has 12 heavy (non-hydrogen) atoms. The van der Waals surface area contributed by atoms with Gasteiger partial charge >= 0.3 is 0 Å². The van der Waals surface area contributed by atoms with E-state index in [0.717, 1.165) is 23.3 Å². The summed E-state index contributed by atoms with van der Waals surface area (Å²) < 4.78 is 5.82. The molecule has 1 heterocycles. The van der Waals surface area contributed by atoms with E-state index >= 15 is 0 Å². The largest absolute Gasteiger partial charge is 0.380 e. The molecule has 1 aliphatic heterocycles. The van der Waals surface area contributed by atoms with Crippen molar-refractivity contribution in [3.05, 3.63) is 0 Å². The highest BCUT2D eigenvalue weighted by molar-refractivity contribution is 6.20. The van der Waals surface area contributed by atoms with Crippen molar-refractivity contribution in [2.75, 3.05) is 6.61 Å². The summed E-state index contributed by atoms with van der Waals surface area (Å²) in [4.78, 5) is 0. The SMILES string of the molecule is CC(Cl)CCC1([SiH3])CCCCO1. The van der Waals surface area contributed by atoms with Gasteiger partial charge in [-0.25, -0.2) is 0 Å². The standard InChI is InChI=1S/C9H19ClOSi/c1-8(10)4-6-9(12)5-2-3-7-11-9/h8H,2-7H2,1,12H3. The van der Waals surface area contributed by atoms with Gasteiger partial charge in [0.15, 0.2) is 0 Å². The van der Waals surface area contributed by atoms with Crippen molar-refractivity contribution in [1.29, 1.82) is 0 Å². The molecule has 0 aromatic carbocycles. The molecule has 1 rings (SSSR count). The molecule has 1 saturated heterocycles. The molecule has 2 unspecified atom stereocenters. The van der Waals surface area contributed by atoms with Crippen LogP contribution in [-0.4, -0.2) is 27.5 Å². The molecule has 2 atom stereocenters. The van der Waals surface area contributed by atoms with Crippen molar-refractivity contribution in [2.24, 2.45) is 0 Å². The molecule has 0 aromatic heterocycles. The average molecular weight is 207 g/mol. The van der Waals surface area contributed by atoms with Crippen LogP contribution in [0, 0.1) is 0 Å². The second kappa shape index (κ2) is 4.63. The number of ether oxygens (including phenoxy) is 1. The Labute approximate surface area is 83.2 Å². The van der Waals surface area contributed by atoms with Crippen molar-refractivity contribution < 1.29 is 4.74 Å². The molecule has 0 saturated carbocycles. The van der Waals surface area contributed by atoms with Gasteiger partial charge in [0.2, 0.25) is 0 Å². The van der Waals surface area contributed by atoms with Crippen molar-refractivity contribution in [3.8, 4) is 0 Å². The van der Waals surface area contributed by atoms with Gasteiger partial charge < -0.3 is 4.74 Å². The van der Waals surface area contributed by atoms with Crippen LogP contribution in [0.4, 0.5) is 0 Å². The zero-order chi connectivity index (χ0) is 9.03. The lowest BCUT2D eigenvalue weighted by atomic mass is 10.0. The monoisotopic (exact) mass is 206 g/mol. The molecule has 1 nitrogen and oxygen atoms in total. The van der Waals surface area contributed by atoms with Crippen LogP contribution in [0.5, 0.6) is 0 Å². The quantitative estimate of drug-likeness (QED) is 0.504. The Morgan fingerprint density at radius 3 is 2.83 bits per heavy atom. The number of hydrogen-bond donors (Lipinski definition) is 0. The highest BCUT2D eigenvalue weighted by atomic mass is 35.5. The van der Waals surface area contributed by atoms with Crippen molar-refractivity contribution >= 4 is 21.8 Å². The topological polar surface area (TPSA) is 9.23 Å². The molecule has 0 N–H and O–H groups in total. The maximum atomic E-state index is 5.92. The van der Waals surface area contributed by atoms with Gasteiger partial charge in [-0.2, -0.15) is 0 Å². The van der Waals surface area contributed by atoms with Crippen molar-refractivity contribution in [1.82, 2.24) is 0 Å². The maximum Gasteiger partial charge on any atom is 0.0486 e. The van der Waals surface area contributed by atoms with Crippen LogP contribution >= 0.6 is 11.6 Å². The Balaban J connectivity index is 2.26. The summed E-state index contributed by atoms with van der Waals surface area (Å²) in [6, 6.07) is 0. The molecule has 0 amide bonds. The predicted molar refractivity (Wildman–Crippen MR) is 57.0 cm³/mol. The van der Waals surface area contributed by atoms with E-state index in [0.29, 0.717) is 5.38 Å². The third-order valence-corrected chi connectivity index (χ3v) is 4.13. The van der Waals surface area contributed by atoms with E-state index in [-0.39, 0.29) is 5.22 Å². The van der Waals surface area contributed by atoms with Crippen LogP contribution in [0.3, 0.4) is 0 Å². The minimum atomic E-state index is 0.265. The van der Waals surface area contributed by atoms with Gasteiger partial charge in [0.05, 0.1) is 0 Å². The molecule has 0 aliphatic carbocycles. The molecule has 1 aliphatic rings. The lowest BCUT2D eigenvalue weighted by Crippen LogP contribution is -2.37. The van der Waals surface area contributed by atoms with Crippen LogP contribution in [0.25, 0.3) is 0 Å². The Morgan fingerprint density at radius 2 is 2.33 bits per heavy atom. The van der Waals surface area contributed by atoms with Crippen molar-refractivity contribution in [2.45, 2.75) is 49.6 Å². The Bertz CT molecular complexity index is 132. The molecule has 0 aromatic rings.